The Morgan fingerprint density at radius 3 is 2.75 bits per heavy atom. The fourth-order valence-corrected chi connectivity index (χ4v) is 1.94. The molecule has 0 saturated heterocycles. The molecule has 0 radical (unpaired) electrons. The zero-order valence-electron chi connectivity index (χ0n) is 12.7. The first kappa shape index (κ1) is 17.7. The minimum Gasteiger partial charge on any atom is -0.393 e. The number of hydrogen-bond donors (Lipinski definition) is 3. The van der Waals surface area contributed by atoms with Crippen molar-refractivity contribution in [3.05, 3.63) is 36.4 Å². The SMILES string of the molecule is CC(O)CCNC(=O)Nc1ccc(-n2cncn2)c(C(F)(F)F)c1. The van der Waals surface area contributed by atoms with Crippen LogP contribution in [0.15, 0.2) is 30.9 Å². The van der Waals surface area contributed by atoms with Crippen molar-refractivity contribution in [2.75, 3.05) is 11.9 Å². The number of aliphatic hydroxyl groups is 1. The number of amides is 2. The number of hydrogen-bond acceptors (Lipinski definition) is 4. The van der Waals surface area contributed by atoms with Gasteiger partial charge in [-0.1, -0.05) is 0 Å². The molecule has 2 amide bonds. The number of nitrogens with one attached hydrogen (secondary N) is 2. The van der Waals surface area contributed by atoms with Crippen molar-refractivity contribution in [2.45, 2.75) is 25.6 Å². The Labute approximate surface area is 135 Å². The molecule has 0 aliphatic rings. The van der Waals surface area contributed by atoms with Crippen molar-refractivity contribution in [3.63, 3.8) is 0 Å². The maximum atomic E-state index is 13.2. The van der Waals surface area contributed by atoms with Gasteiger partial charge in [-0.2, -0.15) is 18.3 Å². The number of carbonyl (C=O) groups is 1. The van der Waals surface area contributed by atoms with Crippen molar-refractivity contribution in [2.24, 2.45) is 0 Å². The first-order chi connectivity index (χ1) is 11.3. The molecule has 1 aromatic carbocycles. The van der Waals surface area contributed by atoms with Crippen LogP contribution in [0.5, 0.6) is 0 Å². The van der Waals surface area contributed by atoms with E-state index < -0.39 is 23.9 Å². The second kappa shape index (κ2) is 7.30. The van der Waals surface area contributed by atoms with Crippen molar-refractivity contribution >= 4 is 11.7 Å². The van der Waals surface area contributed by atoms with Crippen LogP contribution in [0.4, 0.5) is 23.7 Å². The quantitative estimate of drug-likeness (QED) is 0.776. The van der Waals surface area contributed by atoms with Crippen LogP contribution in [0.1, 0.15) is 18.9 Å². The standard InChI is InChI=1S/C14H16F3N5O2/c1-9(23)4-5-19-13(24)21-10-2-3-12(22-8-18-7-20-22)11(6-10)14(15,16)17/h2-3,6-9,23H,4-5H2,1H3,(H2,19,21,24). The first-order valence-electron chi connectivity index (χ1n) is 7.06. The summed E-state index contributed by atoms with van der Waals surface area (Å²) in [6.07, 6.45) is -2.58. The van der Waals surface area contributed by atoms with Crippen LogP contribution in [0, 0.1) is 0 Å². The topological polar surface area (TPSA) is 92.1 Å². The zero-order valence-corrected chi connectivity index (χ0v) is 12.7. The Balaban J connectivity index is 2.16. The number of halogens is 3. The van der Waals surface area contributed by atoms with E-state index in [1.807, 2.05) is 0 Å². The van der Waals surface area contributed by atoms with E-state index in [2.05, 4.69) is 20.7 Å². The molecular formula is C14H16F3N5O2. The maximum Gasteiger partial charge on any atom is 0.418 e. The summed E-state index contributed by atoms with van der Waals surface area (Å²) in [5.41, 5.74) is -1.16. The molecule has 0 bridgehead atoms. The molecule has 0 aliphatic heterocycles. The van der Waals surface area contributed by atoms with E-state index in [9.17, 15) is 18.0 Å². The predicted molar refractivity (Wildman–Crippen MR) is 79.7 cm³/mol. The van der Waals surface area contributed by atoms with Crippen LogP contribution in [0.2, 0.25) is 0 Å². The summed E-state index contributed by atoms with van der Waals surface area (Å²) in [6.45, 7) is 1.77. The minimum absolute atomic E-state index is 0.0132. The number of carbonyl (C=O) groups excluding carboxylic acids is 1. The lowest BCUT2D eigenvalue weighted by atomic mass is 10.1. The van der Waals surface area contributed by atoms with Gasteiger partial charge in [-0.05, 0) is 31.5 Å². The Morgan fingerprint density at radius 1 is 1.42 bits per heavy atom. The van der Waals surface area contributed by atoms with Crippen LogP contribution in [0.25, 0.3) is 5.69 Å². The number of aliphatic hydroxyl groups excluding tert-OH is 1. The lowest BCUT2D eigenvalue weighted by Crippen LogP contribution is -2.31. The highest BCUT2D eigenvalue weighted by Gasteiger charge is 2.34. The molecule has 1 heterocycles. The number of aromatic nitrogens is 3. The monoisotopic (exact) mass is 343 g/mol. The molecule has 10 heteroatoms. The molecule has 0 aliphatic carbocycles. The van der Waals surface area contributed by atoms with Crippen molar-refractivity contribution in [1.82, 2.24) is 20.1 Å². The lowest BCUT2D eigenvalue weighted by molar-refractivity contribution is -0.137. The number of nitrogens with zero attached hydrogens (tertiary/aromatic N) is 3. The molecule has 7 nitrogen and oxygen atoms in total. The van der Waals surface area contributed by atoms with E-state index in [0.717, 1.165) is 23.4 Å². The van der Waals surface area contributed by atoms with Gasteiger partial charge in [0, 0.05) is 12.2 Å². The fraction of sp³-hybridized carbons (Fsp3) is 0.357. The van der Waals surface area contributed by atoms with Gasteiger partial charge < -0.3 is 15.7 Å². The van der Waals surface area contributed by atoms with Gasteiger partial charge in [-0.25, -0.2) is 14.5 Å². The smallest absolute Gasteiger partial charge is 0.393 e. The van der Waals surface area contributed by atoms with Crippen LogP contribution < -0.4 is 10.6 Å². The van der Waals surface area contributed by atoms with Crippen molar-refractivity contribution in [3.8, 4) is 5.69 Å². The highest BCUT2D eigenvalue weighted by Crippen LogP contribution is 2.35. The molecule has 3 N–H and O–H groups in total. The second-order valence-corrected chi connectivity index (χ2v) is 5.09. The third-order valence-electron chi connectivity index (χ3n) is 3.07. The molecule has 1 aromatic heterocycles. The Morgan fingerprint density at radius 2 is 2.17 bits per heavy atom. The maximum absolute atomic E-state index is 13.2. The molecule has 1 atom stereocenters. The van der Waals surface area contributed by atoms with Crippen molar-refractivity contribution < 1.29 is 23.1 Å². The van der Waals surface area contributed by atoms with Crippen LogP contribution in [0.3, 0.4) is 0 Å². The molecule has 2 rings (SSSR count). The van der Waals surface area contributed by atoms with Gasteiger partial charge in [-0.15, -0.1) is 0 Å². The summed E-state index contributed by atoms with van der Waals surface area (Å²) in [5.74, 6) is 0. The van der Waals surface area contributed by atoms with Gasteiger partial charge in [0.2, 0.25) is 0 Å². The van der Waals surface area contributed by atoms with Crippen molar-refractivity contribution in [1.29, 1.82) is 0 Å². The Bertz CT molecular complexity index is 686. The summed E-state index contributed by atoms with van der Waals surface area (Å²) in [4.78, 5) is 15.3. The average molecular weight is 343 g/mol. The molecule has 2 aromatic rings. The Kier molecular flexibility index (Phi) is 5.39. The summed E-state index contributed by atoms with van der Waals surface area (Å²) >= 11 is 0. The number of urea groups is 1. The van der Waals surface area contributed by atoms with Gasteiger partial charge in [0.05, 0.1) is 17.4 Å². The number of benzene rings is 1. The number of rotatable bonds is 5. The lowest BCUT2D eigenvalue weighted by Gasteiger charge is -2.15. The molecule has 0 saturated carbocycles. The minimum atomic E-state index is -4.62. The van der Waals surface area contributed by atoms with Crippen LogP contribution in [-0.4, -0.2) is 38.6 Å². The average Bonchev–Trinajstić information content (AvgIpc) is 3.00. The summed E-state index contributed by atoms with van der Waals surface area (Å²) in [6, 6.07) is 2.70. The Hall–Kier alpha value is -2.62. The van der Waals surface area contributed by atoms with Gasteiger partial charge in [0.1, 0.15) is 12.7 Å². The fourth-order valence-electron chi connectivity index (χ4n) is 1.94. The van der Waals surface area contributed by atoms with E-state index in [1.165, 1.54) is 12.1 Å². The first-order valence-corrected chi connectivity index (χ1v) is 7.06. The summed E-state index contributed by atoms with van der Waals surface area (Å²) in [7, 11) is 0. The van der Waals surface area contributed by atoms with E-state index in [1.54, 1.807) is 6.92 Å². The summed E-state index contributed by atoms with van der Waals surface area (Å²) in [5, 5.41) is 17.5. The zero-order chi connectivity index (χ0) is 17.7. The third kappa shape index (κ3) is 4.69. The number of anilines is 1. The van der Waals surface area contributed by atoms with Gasteiger partial charge in [-0.3, -0.25) is 0 Å². The molecule has 1 unspecified atom stereocenters. The second-order valence-electron chi connectivity index (χ2n) is 5.09. The molecule has 24 heavy (non-hydrogen) atoms. The van der Waals surface area contributed by atoms with E-state index in [4.69, 9.17) is 5.11 Å². The molecule has 130 valence electrons. The normalized spacial score (nSPS) is 12.7. The van der Waals surface area contributed by atoms with Gasteiger partial charge in [0.25, 0.3) is 0 Å². The summed E-state index contributed by atoms with van der Waals surface area (Å²) < 4.78 is 40.7. The van der Waals surface area contributed by atoms with Gasteiger partial charge in [0.15, 0.2) is 0 Å². The van der Waals surface area contributed by atoms with E-state index in [-0.39, 0.29) is 17.9 Å². The van der Waals surface area contributed by atoms with E-state index in [0.29, 0.717) is 6.42 Å². The van der Waals surface area contributed by atoms with Crippen LogP contribution >= 0.6 is 0 Å². The predicted octanol–water partition coefficient (Wildman–Crippen LogP) is 2.18. The molecule has 0 fully saturated rings. The number of alkyl halides is 3. The van der Waals surface area contributed by atoms with Gasteiger partial charge >= 0.3 is 12.2 Å². The molecule has 0 spiro atoms. The largest absolute Gasteiger partial charge is 0.418 e. The van der Waals surface area contributed by atoms with E-state index >= 15 is 0 Å². The van der Waals surface area contributed by atoms with Crippen LogP contribution in [-0.2, 0) is 6.18 Å². The highest BCUT2D eigenvalue weighted by atomic mass is 19.4. The molecular weight excluding hydrogens is 327 g/mol. The highest BCUT2D eigenvalue weighted by molar-refractivity contribution is 5.89. The third-order valence-corrected chi connectivity index (χ3v) is 3.07.